The molecular weight excluding hydrogens is 366 g/mol. The fourth-order valence-corrected chi connectivity index (χ4v) is 4.18. The van der Waals surface area contributed by atoms with E-state index in [0.717, 1.165) is 51.0 Å². The highest BCUT2D eigenvalue weighted by Gasteiger charge is 2.37. The second-order valence-corrected chi connectivity index (χ2v) is 7.56. The Balaban J connectivity index is 0.00000261. The molecule has 2 unspecified atom stereocenters. The fourth-order valence-electron chi connectivity index (χ4n) is 4.18. The first-order chi connectivity index (χ1) is 12.5. The van der Waals surface area contributed by atoms with Crippen LogP contribution in [-0.2, 0) is 9.59 Å². The molecule has 0 spiro atoms. The van der Waals surface area contributed by atoms with Crippen LogP contribution >= 0.6 is 12.4 Å². The first kappa shape index (κ1) is 21.7. The van der Waals surface area contributed by atoms with Gasteiger partial charge in [-0.1, -0.05) is 17.7 Å². The summed E-state index contributed by atoms with van der Waals surface area (Å²) >= 11 is 0. The number of benzene rings is 1. The van der Waals surface area contributed by atoms with Gasteiger partial charge in [-0.3, -0.25) is 19.4 Å². The molecule has 2 fully saturated rings. The summed E-state index contributed by atoms with van der Waals surface area (Å²) in [6.07, 6.45) is 3.77. The summed E-state index contributed by atoms with van der Waals surface area (Å²) in [5.74, 6) is -0.584. The van der Waals surface area contributed by atoms with E-state index in [2.05, 4.69) is 4.90 Å². The molecule has 1 amide bonds. The zero-order valence-corrected chi connectivity index (χ0v) is 17.0. The van der Waals surface area contributed by atoms with E-state index in [0.29, 0.717) is 0 Å². The molecule has 0 bridgehead atoms. The Morgan fingerprint density at radius 1 is 1.15 bits per heavy atom. The van der Waals surface area contributed by atoms with E-state index >= 15 is 0 Å². The standard InChI is InChI=1S/C20H29N3O3.ClH/c1-15-5-7-17(8-6-15)23-13-10-18(20(23)26)22-11-3-4-16(9-12-22)21(2)14-19(24)25;/h5-8,16,18H,3-4,9-14H2,1-2H3,(H,24,25);1H. The van der Waals surface area contributed by atoms with Crippen LogP contribution in [0.25, 0.3) is 0 Å². The summed E-state index contributed by atoms with van der Waals surface area (Å²) in [6.45, 7) is 4.66. The maximum Gasteiger partial charge on any atom is 0.317 e. The number of hydrogen-bond acceptors (Lipinski definition) is 4. The van der Waals surface area contributed by atoms with Crippen LogP contribution in [0.15, 0.2) is 24.3 Å². The van der Waals surface area contributed by atoms with Crippen LogP contribution in [-0.4, -0.2) is 72.1 Å². The average Bonchev–Trinajstić information content (AvgIpc) is 2.82. The molecule has 0 radical (unpaired) electrons. The van der Waals surface area contributed by atoms with Crippen molar-refractivity contribution in [2.24, 2.45) is 0 Å². The number of likely N-dealkylation sites (tertiary alicyclic amines) is 1. The summed E-state index contributed by atoms with van der Waals surface area (Å²) in [7, 11) is 1.88. The Morgan fingerprint density at radius 2 is 1.85 bits per heavy atom. The first-order valence-corrected chi connectivity index (χ1v) is 9.50. The predicted molar refractivity (Wildman–Crippen MR) is 109 cm³/mol. The van der Waals surface area contributed by atoms with Gasteiger partial charge in [-0.25, -0.2) is 0 Å². The van der Waals surface area contributed by atoms with Gasteiger partial charge in [-0.2, -0.15) is 0 Å². The zero-order valence-electron chi connectivity index (χ0n) is 16.1. The van der Waals surface area contributed by atoms with Crippen molar-refractivity contribution in [3.8, 4) is 0 Å². The van der Waals surface area contributed by atoms with E-state index in [-0.39, 0.29) is 36.9 Å². The molecule has 0 saturated carbocycles. The molecular formula is C20H30ClN3O3. The van der Waals surface area contributed by atoms with E-state index in [1.807, 2.05) is 48.0 Å². The molecule has 0 aliphatic carbocycles. The van der Waals surface area contributed by atoms with Gasteiger partial charge in [0, 0.05) is 24.8 Å². The highest BCUT2D eigenvalue weighted by molar-refractivity contribution is 5.99. The first-order valence-electron chi connectivity index (χ1n) is 9.50. The number of likely N-dealkylation sites (N-methyl/N-ethyl adjacent to an activating group) is 1. The SMILES string of the molecule is Cc1ccc(N2CCC(N3CCCC(N(C)CC(=O)O)CC3)C2=O)cc1.Cl. The lowest BCUT2D eigenvalue weighted by molar-refractivity contribution is -0.138. The van der Waals surface area contributed by atoms with E-state index in [9.17, 15) is 9.59 Å². The van der Waals surface area contributed by atoms with E-state index in [4.69, 9.17) is 5.11 Å². The maximum atomic E-state index is 13.0. The topological polar surface area (TPSA) is 64.1 Å². The summed E-state index contributed by atoms with van der Waals surface area (Å²) in [5, 5.41) is 9.00. The molecule has 1 aromatic rings. The van der Waals surface area contributed by atoms with Crippen LogP contribution in [0.2, 0.25) is 0 Å². The van der Waals surface area contributed by atoms with Crippen molar-refractivity contribution in [3.63, 3.8) is 0 Å². The van der Waals surface area contributed by atoms with Crippen LogP contribution in [0.3, 0.4) is 0 Å². The minimum atomic E-state index is -0.784. The molecule has 0 aromatic heterocycles. The largest absolute Gasteiger partial charge is 0.480 e. The highest BCUT2D eigenvalue weighted by Crippen LogP contribution is 2.27. The van der Waals surface area contributed by atoms with Crippen LogP contribution < -0.4 is 4.90 Å². The monoisotopic (exact) mass is 395 g/mol. The quantitative estimate of drug-likeness (QED) is 0.829. The maximum absolute atomic E-state index is 13.0. The molecule has 2 heterocycles. The number of amides is 1. The van der Waals surface area contributed by atoms with E-state index < -0.39 is 5.97 Å². The highest BCUT2D eigenvalue weighted by atomic mass is 35.5. The third-order valence-electron chi connectivity index (χ3n) is 5.70. The molecule has 27 heavy (non-hydrogen) atoms. The molecule has 6 nitrogen and oxygen atoms in total. The summed E-state index contributed by atoms with van der Waals surface area (Å²) in [4.78, 5) is 30.1. The fraction of sp³-hybridized carbons (Fsp3) is 0.600. The molecule has 7 heteroatoms. The Hall–Kier alpha value is -1.63. The van der Waals surface area contributed by atoms with Gasteiger partial charge in [0.1, 0.15) is 0 Å². The summed E-state index contributed by atoms with van der Waals surface area (Å²) in [5.41, 5.74) is 2.18. The van der Waals surface area contributed by atoms with Gasteiger partial charge in [-0.15, -0.1) is 12.4 Å². The van der Waals surface area contributed by atoms with E-state index in [1.165, 1.54) is 5.56 Å². The Morgan fingerprint density at radius 3 is 2.52 bits per heavy atom. The Bertz CT molecular complexity index is 652. The number of carbonyl (C=O) groups is 2. The van der Waals surface area contributed by atoms with Crippen molar-refractivity contribution in [1.29, 1.82) is 0 Å². The van der Waals surface area contributed by atoms with Crippen molar-refractivity contribution in [2.75, 3.05) is 38.1 Å². The zero-order chi connectivity index (χ0) is 18.7. The molecule has 2 saturated heterocycles. The number of halogens is 1. The number of carboxylic acids is 1. The van der Waals surface area contributed by atoms with Gasteiger partial charge in [0.05, 0.1) is 12.6 Å². The number of anilines is 1. The van der Waals surface area contributed by atoms with Gasteiger partial charge in [0.15, 0.2) is 0 Å². The molecule has 2 aliphatic heterocycles. The molecule has 1 aromatic carbocycles. The lowest BCUT2D eigenvalue weighted by Crippen LogP contribution is -2.43. The minimum absolute atomic E-state index is 0. The molecule has 150 valence electrons. The Kier molecular flexibility index (Phi) is 7.65. The van der Waals surface area contributed by atoms with Crippen molar-refractivity contribution >= 4 is 30.0 Å². The van der Waals surface area contributed by atoms with Crippen LogP contribution in [0.4, 0.5) is 5.69 Å². The second kappa shape index (κ2) is 9.53. The average molecular weight is 396 g/mol. The van der Waals surface area contributed by atoms with E-state index in [1.54, 1.807) is 0 Å². The summed E-state index contributed by atoms with van der Waals surface area (Å²) < 4.78 is 0. The van der Waals surface area contributed by atoms with Gasteiger partial charge < -0.3 is 10.0 Å². The second-order valence-electron chi connectivity index (χ2n) is 7.56. The smallest absolute Gasteiger partial charge is 0.317 e. The summed E-state index contributed by atoms with van der Waals surface area (Å²) in [6, 6.07) is 8.37. The normalized spacial score (nSPS) is 24.0. The molecule has 1 N–H and O–H groups in total. The number of aliphatic carboxylic acids is 1. The number of rotatable bonds is 5. The number of carbonyl (C=O) groups excluding carboxylic acids is 1. The number of nitrogens with zero attached hydrogens (tertiary/aromatic N) is 3. The third-order valence-corrected chi connectivity index (χ3v) is 5.70. The van der Waals surface area contributed by atoms with Crippen LogP contribution in [0, 0.1) is 6.92 Å². The number of aryl methyl sites for hydroxylation is 1. The van der Waals surface area contributed by atoms with Crippen molar-refractivity contribution in [1.82, 2.24) is 9.80 Å². The third kappa shape index (κ3) is 5.21. The minimum Gasteiger partial charge on any atom is -0.480 e. The van der Waals surface area contributed by atoms with Crippen molar-refractivity contribution in [2.45, 2.75) is 44.7 Å². The van der Waals surface area contributed by atoms with Crippen LogP contribution in [0.1, 0.15) is 31.2 Å². The predicted octanol–water partition coefficient (Wildman–Crippen LogP) is 2.39. The number of carboxylic acid groups (broad SMARTS) is 1. The molecule has 2 atom stereocenters. The van der Waals surface area contributed by atoms with Crippen molar-refractivity contribution < 1.29 is 14.7 Å². The van der Waals surface area contributed by atoms with Crippen LogP contribution in [0.5, 0.6) is 0 Å². The molecule has 3 rings (SSSR count). The van der Waals surface area contributed by atoms with Gasteiger partial charge >= 0.3 is 5.97 Å². The van der Waals surface area contributed by atoms with Crippen molar-refractivity contribution in [3.05, 3.63) is 29.8 Å². The lowest BCUT2D eigenvalue weighted by atomic mass is 10.1. The Labute approximate surface area is 167 Å². The van der Waals surface area contributed by atoms with Gasteiger partial charge in [0.25, 0.3) is 0 Å². The lowest BCUT2D eigenvalue weighted by Gasteiger charge is -2.28. The molecule has 2 aliphatic rings. The van der Waals surface area contributed by atoms with Gasteiger partial charge in [0.2, 0.25) is 5.91 Å². The number of hydrogen-bond donors (Lipinski definition) is 1. The van der Waals surface area contributed by atoms with Gasteiger partial charge in [-0.05, 0) is 58.3 Å².